The summed E-state index contributed by atoms with van der Waals surface area (Å²) in [5, 5.41) is 8.74. The molecule has 3 rings (SSSR count). The summed E-state index contributed by atoms with van der Waals surface area (Å²) >= 11 is 0. The normalized spacial score (nSPS) is 28.3. The number of hydrogen-bond donors (Lipinski definition) is 1. The standard InChI is InChI=1S/C14H25N5/c1-2-11-9-18(8-6-12(11)15)10-14-17-16-13-5-3-4-7-19(13)14/h11-12H,2-10,15H2,1H3. The predicted molar refractivity (Wildman–Crippen MR) is 74.6 cm³/mol. The molecule has 0 amide bonds. The van der Waals surface area contributed by atoms with Crippen molar-refractivity contribution in [1.29, 1.82) is 0 Å². The summed E-state index contributed by atoms with van der Waals surface area (Å²) < 4.78 is 2.33. The lowest BCUT2D eigenvalue weighted by Crippen LogP contribution is -2.46. The minimum atomic E-state index is 0.383. The maximum Gasteiger partial charge on any atom is 0.147 e. The van der Waals surface area contributed by atoms with Gasteiger partial charge in [-0.1, -0.05) is 13.3 Å². The van der Waals surface area contributed by atoms with Crippen molar-refractivity contribution in [2.75, 3.05) is 13.1 Å². The Morgan fingerprint density at radius 3 is 3.00 bits per heavy atom. The van der Waals surface area contributed by atoms with Crippen LogP contribution in [0.1, 0.15) is 44.3 Å². The van der Waals surface area contributed by atoms with Crippen LogP contribution in [0.5, 0.6) is 0 Å². The zero-order valence-electron chi connectivity index (χ0n) is 11.9. The van der Waals surface area contributed by atoms with Gasteiger partial charge in [0.25, 0.3) is 0 Å². The first-order chi connectivity index (χ1) is 9.28. The molecule has 2 aliphatic heterocycles. The third kappa shape index (κ3) is 2.67. The molecule has 1 fully saturated rings. The Kier molecular flexibility index (Phi) is 3.84. The molecular formula is C14H25N5. The Labute approximate surface area is 115 Å². The van der Waals surface area contributed by atoms with E-state index in [1.54, 1.807) is 0 Å². The first-order valence-corrected chi connectivity index (χ1v) is 7.66. The van der Waals surface area contributed by atoms with Crippen LogP contribution in [-0.4, -0.2) is 38.8 Å². The molecule has 0 radical (unpaired) electrons. The molecule has 19 heavy (non-hydrogen) atoms. The van der Waals surface area contributed by atoms with Crippen LogP contribution in [-0.2, 0) is 19.5 Å². The maximum absolute atomic E-state index is 6.18. The van der Waals surface area contributed by atoms with Gasteiger partial charge in [0.05, 0.1) is 6.54 Å². The molecule has 2 atom stereocenters. The third-order valence-electron chi connectivity index (χ3n) is 4.70. The van der Waals surface area contributed by atoms with E-state index in [-0.39, 0.29) is 0 Å². The monoisotopic (exact) mass is 263 g/mol. The number of nitrogens with two attached hydrogens (primary N) is 1. The largest absolute Gasteiger partial charge is 0.327 e. The van der Waals surface area contributed by atoms with Gasteiger partial charge >= 0.3 is 0 Å². The zero-order valence-corrected chi connectivity index (χ0v) is 11.9. The van der Waals surface area contributed by atoms with Gasteiger partial charge in [-0.25, -0.2) is 0 Å². The van der Waals surface area contributed by atoms with Crippen molar-refractivity contribution in [3.63, 3.8) is 0 Å². The molecule has 1 aromatic rings. The first-order valence-electron chi connectivity index (χ1n) is 7.66. The van der Waals surface area contributed by atoms with E-state index in [2.05, 4.69) is 26.6 Å². The molecule has 2 unspecified atom stereocenters. The average Bonchev–Trinajstić information content (AvgIpc) is 2.84. The summed E-state index contributed by atoms with van der Waals surface area (Å²) in [4.78, 5) is 2.50. The number of fused-ring (bicyclic) bond motifs is 1. The van der Waals surface area contributed by atoms with Crippen LogP contribution >= 0.6 is 0 Å². The van der Waals surface area contributed by atoms with Crippen molar-refractivity contribution in [2.45, 2.75) is 58.2 Å². The molecule has 0 saturated carbocycles. The van der Waals surface area contributed by atoms with Gasteiger partial charge in [0.15, 0.2) is 0 Å². The number of piperidine rings is 1. The van der Waals surface area contributed by atoms with E-state index in [4.69, 9.17) is 5.73 Å². The van der Waals surface area contributed by atoms with Crippen LogP contribution in [0.15, 0.2) is 0 Å². The highest BCUT2D eigenvalue weighted by molar-refractivity contribution is 4.99. The van der Waals surface area contributed by atoms with Crippen LogP contribution in [0.4, 0.5) is 0 Å². The number of nitrogens with zero attached hydrogens (tertiary/aromatic N) is 4. The Morgan fingerprint density at radius 2 is 2.16 bits per heavy atom. The van der Waals surface area contributed by atoms with Crippen LogP contribution in [0.3, 0.4) is 0 Å². The number of aromatic nitrogens is 3. The minimum absolute atomic E-state index is 0.383. The summed E-state index contributed by atoms with van der Waals surface area (Å²) in [5.74, 6) is 2.97. The molecule has 5 heteroatoms. The molecule has 106 valence electrons. The van der Waals surface area contributed by atoms with Gasteiger partial charge in [-0.05, 0) is 25.2 Å². The second-order valence-electron chi connectivity index (χ2n) is 6.00. The van der Waals surface area contributed by atoms with Crippen LogP contribution < -0.4 is 5.73 Å². The molecule has 0 aliphatic carbocycles. The molecule has 0 aromatic carbocycles. The molecule has 1 aromatic heterocycles. The lowest BCUT2D eigenvalue weighted by Gasteiger charge is -2.36. The Morgan fingerprint density at radius 1 is 1.26 bits per heavy atom. The van der Waals surface area contributed by atoms with E-state index in [9.17, 15) is 0 Å². The fraction of sp³-hybridized carbons (Fsp3) is 0.857. The van der Waals surface area contributed by atoms with Crippen LogP contribution in [0.2, 0.25) is 0 Å². The van der Waals surface area contributed by atoms with Gasteiger partial charge in [-0.2, -0.15) is 0 Å². The summed E-state index contributed by atoms with van der Waals surface area (Å²) in [7, 11) is 0. The Bertz CT molecular complexity index is 427. The summed E-state index contributed by atoms with van der Waals surface area (Å²) in [5.41, 5.74) is 6.18. The molecule has 0 bridgehead atoms. The highest BCUT2D eigenvalue weighted by Gasteiger charge is 2.26. The number of rotatable bonds is 3. The smallest absolute Gasteiger partial charge is 0.147 e. The highest BCUT2D eigenvalue weighted by atomic mass is 15.3. The molecule has 3 heterocycles. The molecule has 2 aliphatic rings. The topological polar surface area (TPSA) is 60.0 Å². The number of hydrogen-bond acceptors (Lipinski definition) is 4. The molecule has 2 N–H and O–H groups in total. The fourth-order valence-electron chi connectivity index (χ4n) is 3.39. The molecule has 1 saturated heterocycles. The fourth-order valence-corrected chi connectivity index (χ4v) is 3.39. The lowest BCUT2D eigenvalue weighted by atomic mass is 9.91. The van der Waals surface area contributed by atoms with E-state index in [1.165, 1.54) is 25.1 Å². The first kappa shape index (κ1) is 13.1. The SMILES string of the molecule is CCC1CN(Cc2nnc3n2CCCC3)CCC1N. The van der Waals surface area contributed by atoms with Crippen molar-refractivity contribution < 1.29 is 0 Å². The van der Waals surface area contributed by atoms with E-state index < -0.39 is 0 Å². The van der Waals surface area contributed by atoms with Crippen molar-refractivity contribution in [1.82, 2.24) is 19.7 Å². The molecular weight excluding hydrogens is 238 g/mol. The predicted octanol–water partition coefficient (Wildman–Crippen LogP) is 1.17. The van der Waals surface area contributed by atoms with Gasteiger partial charge in [0.1, 0.15) is 11.6 Å². The van der Waals surface area contributed by atoms with E-state index in [0.29, 0.717) is 12.0 Å². The molecule has 5 nitrogen and oxygen atoms in total. The van der Waals surface area contributed by atoms with Gasteiger partial charge < -0.3 is 10.3 Å². The van der Waals surface area contributed by atoms with Gasteiger partial charge in [-0.3, -0.25) is 4.90 Å². The molecule has 0 spiro atoms. The Balaban J connectivity index is 1.67. The summed E-state index contributed by atoms with van der Waals surface area (Å²) in [6.45, 7) is 6.49. The van der Waals surface area contributed by atoms with E-state index in [1.807, 2.05) is 0 Å². The van der Waals surface area contributed by atoms with Crippen LogP contribution in [0.25, 0.3) is 0 Å². The third-order valence-corrected chi connectivity index (χ3v) is 4.70. The summed E-state index contributed by atoms with van der Waals surface area (Å²) in [6.07, 6.45) is 5.90. The van der Waals surface area contributed by atoms with Crippen molar-refractivity contribution in [3.05, 3.63) is 11.6 Å². The van der Waals surface area contributed by atoms with E-state index >= 15 is 0 Å². The zero-order chi connectivity index (χ0) is 13.2. The maximum atomic E-state index is 6.18. The second kappa shape index (κ2) is 5.59. The lowest BCUT2D eigenvalue weighted by molar-refractivity contribution is 0.140. The number of likely N-dealkylation sites (tertiary alicyclic amines) is 1. The van der Waals surface area contributed by atoms with Crippen molar-refractivity contribution in [2.24, 2.45) is 11.7 Å². The highest BCUT2D eigenvalue weighted by Crippen LogP contribution is 2.21. The van der Waals surface area contributed by atoms with Gasteiger partial charge in [0, 0.05) is 32.1 Å². The van der Waals surface area contributed by atoms with Crippen molar-refractivity contribution >= 4 is 0 Å². The van der Waals surface area contributed by atoms with Crippen molar-refractivity contribution in [3.8, 4) is 0 Å². The van der Waals surface area contributed by atoms with Crippen LogP contribution in [0, 0.1) is 5.92 Å². The second-order valence-corrected chi connectivity index (χ2v) is 6.00. The minimum Gasteiger partial charge on any atom is -0.327 e. The van der Waals surface area contributed by atoms with E-state index in [0.717, 1.165) is 44.8 Å². The quantitative estimate of drug-likeness (QED) is 0.889. The average molecular weight is 263 g/mol. The Hall–Kier alpha value is -0.940. The number of aryl methyl sites for hydroxylation is 1. The summed E-state index contributed by atoms with van der Waals surface area (Å²) in [6, 6.07) is 0.383. The van der Waals surface area contributed by atoms with Gasteiger partial charge in [0.2, 0.25) is 0 Å². The van der Waals surface area contributed by atoms with Gasteiger partial charge in [-0.15, -0.1) is 10.2 Å².